The Hall–Kier alpha value is -0.310. The summed E-state index contributed by atoms with van der Waals surface area (Å²) in [4.78, 5) is 3.92. The van der Waals surface area contributed by atoms with Crippen molar-refractivity contribution in [1.29, 1.82) is 0 Å². The Labute approximate surface area is 96.3 Å². The minimum absolute atomic E-state index is 0. The Bertz CT molecular complexity index is 294. The number of hydrogen-bond acceptors (Lipinski definition) is 2. The van der Waals surface area contributed by atoms with Gasteiger partial charge < -0.3 is 5.73 Å². The van der Waals surface area contributed by atoms with Gasteiger partial charge in [0.2, 0.25) is 0 Å². The summed E-state index contributed by atoms with van der Waals surface area (Å²) >= 11 is 5.98. The molecule has 1 atom stereocenters. The van der Waals surface area contributed by atoms with Crippen LogP contribution in [0.1, 0.15) is 32.4 Å². The lowest BCUT2D eigenvalue weighted by atomic mass is 9.83. The Morgan fingerprint density at radius 3 is 2.43 bits per heavy atom. The van der Waals surface area contributed by atoms with E-state index in [1.54, 1.807) is 12.4 Å². The predicted octanol–water partition coefficient (Wildman–Crippen LogP) is 3.20. The molecule has 0 aromatic carbocycles. The van der Waals surface area contributed by atoms with Crippen molar-refractivity contribution in [3.63, 3.8) is 0 Å². The highest BCUT2D eigenvalue weighted by molar-refractivity contribution is 6.31. The third-order valence-electron chi connectivity index (χ3n) is 2.07. The van der Waals surface area contributed by atoms with Gasteiger partial charge in [-0.25, -0.2) is 0 Å². The molecule has 14 heavy (non-hydrogen) atoms. The van der Waals surface area contributed by atoms with Gasteiger partial charge in [0.25, 0.3) is 0 Å². The summed E-state index contributed by atoms with van der Waals surface area (Å²) in [5.41, 5.74) is 7.04. The number of rotatable bonds is 1. The van der Waals surface area contributed by atoms with Crippen LogP contribution in [0.25, 0.3) is 0 Å². The van der Waals surface area contributed by atoms with E-state index in [4.69, 9.17) is 17.3 Å². The first-order chi connectivity index (χ1) is 5.93. The van der Waals surface area contributed by atoms with E-state index in [2.05, 4.69) is 25.8 Å². The van der Waals surface area contributed by atoms with Crippen LogP contribution in [0.4, 0.5) is 0 Å². The molecule has 1 rings (SSSR count). The highest BCUT2D eigenvalue weighted by Crippen LogP contribution is 2.33. The highest BCUT2D eigenvalue weighted by atomic mass is 35.5. The average molecular weight is 235 g/mol. The van der Waals surface area contributed by atoms with E-state index < -0.39 is 0 Å². The predicted molar refractivity (Wildman–Crippen MR) is 62.9 cm³/mol. The zero-order chi connectivity index (χ0) is 10.1. The van der Waals surface area contributed by atoms with Crippen molar-refractivity contribution in [3.8, 4) is 0 Å². The van der Waals surface area contributed by atoms with Crippen molar-refractivity contribution >= 4 is 24.0 Å². The van der Waals surface area contributed by atoms with Crippen LogP contribution in [0, 0.1) is 5.41 Å². The third-order valence-corrected chi connectivity index (χ3v) is 2.39. The van der Waals surface area contributed by atoms with Crippen LogP contribution >= 0.6 is 24.0 Å². The Morgan fingerprint density at radius 1 is 1.43 bits per heavy atom. The van der Waals surface area contributed by atoms with E-state index in [1.165, 1.54) is 0 Å². The molecule has 2 nitrogen and oxygen atoms in total. The maximum absolute atomic E-state index is 6.06. The number of pyridine rings is 1. The van der Waals surface area contributed by atoms with Gasteiger partial charge in [-0.1, -0.05) is 32.4 Å². The Kier molecular flexibility index (Phi) is 4.85. The van der Waals surface area contributed by atoms with Crippen LogP contribution in [0.3, 0.4) is 0 Å². The summed E-state index contributed by atoms with van der Waals surface area (Å²) in [6.07, 6.45) is 3.34. The molecule has 1 aromatic rings. The minimum Gasteiger partial charge on any atom is -0.323 e. The fourth-order valence-electron chi connectivity index (χ4n) is 1.10. The van der Waals surface area contributed by atoms with Crippen molar-refractivity contribution in [2.45, 2.75) is 26.8 Å². The lowest BCUT2D eigenvalue weighted by Gasteiger charge is -2.27. The van der Waals surface area contributed by atoms with Crippen LogP contribution in [0.15, 0.2) is 18.5 Å². The molecule has 2 N–H and O–H groups in total. The smallest absolute Gasteiger partial charge is 0.0637 e. The fourth-order valence-corrected chi connectivity index (χ4v) is 1.34. The average Bonchev–Trinajstić information content (AvgIpc) is 2.02. The van der Waals surface area contributed by atoms with E-state index in [-0.39, 0.29) is 23.9 Å². The molecule has 0 saturated carbocycles. The van der Waals surface area contributed by atoms with Crippen molar-refractivity contribution < 1.29 is 0 Å². The molecule has 0 aliphatic heterocycles. The third kappa shape index (κ3) is 3.12. The van der Waals surface area contributed by atoms with Gasteiger partial charge in [-0.15, -0.1) is 12.4 Å². The first-order valence-electron chi connectivity index (χ1n) is 4.28. The molecule has 0 unspecified atom stereocenters. The molecule has 1 aromatic heterocycles. The summed E-state index contributed by atoms with van der Waals surface area (Å²) in [6.45, 7) is 6.28. The molecule has 80 valence electrons. The Balaban J connectivity index is 0.00000169. The van der Waals surface area contributed by atoms with Crippen molar-refractivity contribution in [2.24, 2.45) is 11.1 Å². The fraction of sp³-hybridized carbons (Fsp3) is 0.500. The summed E-state index contributed by atoms with van der Waals surface area (Å²) in [5, 5.41) is 0.643. The molecule has 0 bridgehead atoms. The van der Waals surface area contributed by atoms with E-state index in [0.29, 0.717) is 5.02 Å². The number of hydrogen-bond donors (Lipinski definition) is 1. The van der Waals surface area contributed by atoms with E-state index in [0.717, 1.165) is 5.56 Å². The number of aromatic nitrogens is 1. The summed E-state index contributed by atoms with van der Waals surface area (Å²) in [5.74, 6) is 0. The lowest BCUT2D eigenvalue weighted by molar-refractivity contribution is 0.327. The van der Waals surface area contributed by atoms with Crippen molar-refractivity contribution in [1.82, 2.24) is 4.98 Å². The van der Waals surface area contributed by atoms with E-state index >= 15 is 0 Å². The Morgan fingerprint density at radius 2 is 2.00 bits per heavy atom. The summed E-state index contributed by atoms with van der Waals surface area (Å²) < 4.78 is 0. The first kappa shape index (κ1) is 13.7. The van der Waals surface area contributed by atoms with Crippen molar-refractivity contribution in [2.75, 3.05) is 0 Å². The lowest BCUT2D eigenvalue weighted by Crippen LogP contribution is -2.26. The van der Waals surface area contributed by atoms with Crippen LogP contribution in [-0.4, -0.2) is 4.98 Å². The zero-order valence-electron chi connectivity index (χ0n) is 8.62. The SMILES string of the molecule is CC(C)(C)[C@@H](N)c1ccncc1Cl.Cl. The normalized spacial score (nSPS) is 13.2. The van der Waals surface area contributed by atoms with Gasteiger partial charge in [0.05, 0.1) is 5.02 Å². The molecule has 0 spiro atoms. The van der Waals surface area contributed by atoms with Crippen LogP contribution in [-0.2, 0) is 0 Å². The topological polar surface area (TPSA) is 38.9 Å². The highest BCUT2D eigenvalue weighted by Gasteiger charge is 2.23. The number of halogens is 2. The van der Waals surface area contributed by atoms with Crippen LogP contribution < -0.4 is 5.73 Å². The quantitative estimate of drug-likeness (QED) is 0.811. The zero-order valence-corrected chi connectivity index (χ0v) is 10.2. The van der Waals surface area contributed by atoms with E-state index in [9.17, 15) is 0 Å². The monoisotopic (exact) mass is 234 g/mol. The maximum Gasteiger partial charge on any atom is 0.0637 e. The second-order valence-electron chi connectivity index (χ2n) is 4.24. The molecular formula is C10H16Cl2N2. The second-order valence-corrected chi connectivity index (χ2v) is 4.65. The molecule has 4 heteroatoms. The molecule has 0 radical (unpaired) electrons. The molecule has 0 amide bonds. The largest absolute Gasteiger partial charge is 0.323 e. The number of nitrogens with zero attached hydrogens (tertiary/aromatic N) is 1. The molecule has 0 fully saturated rings. The molecule has 0 saturated heterocycles. The van der Waals surface area contributed by atoms with Gasteiger partial charge in [-0.3, -0.25) is 4.98 Å². The van der Waals surface area contributed by atoms with Crippen molar-refractivity contribution in [3.05, 3.63) is 29.0 Å². The first-order valence-corrected chi connectivity index (χ1v) is 4.65. The number of nitrogens with two attached hydrogens (primary N) is 1. The standard InChI is InChI=1S/C10H15ClN2.ClH/c1-10(2,3)9(12)7-4-5-13-6-8(7)11;/h4-6,9H,12H2,1-3H3;1H/t9-;/m0./s1. The molecule has 1 heterocycles. The van der Waals surface area contributed by atoms with Crippen LogP contribution in [0.2, 0.25) is 5.02 Å². The molecule has 0 aliphatic rings. The van der Waals surface area contributed by atoms with Gasteiger partial charge in [0.15, 0.2) is 0 Å². The van der Waals surface area contributed by atoms with E-state index in [1.807, 2.05) is 6.07 Å². The summed E-state index contributed by atoms with van der Waals surface area (Å²) in [6, 6.07) is 1.82. The minimum atomic E-state index is -0.0528. The summed E-state index contributed by atoms with van der Waals surface area (Å²) in [7, 11) is 0. The van der Waals surface area contributed by atoms with Crippen LogP contribution in [0.5, 0.6) is 0 Å². The van der Waals surface area contributed by atoms with Gasteiger partial charge in [-0.2, -0.15) is 0 Å². The maximum atomic E-state index is 6.06. The van der Waals surface area contributed by atoms with Gasteiger partial charge in [-0.05, 0) is 17.0 Å². The van der Waals surface area contributed by atoms with Gasteiger partial charge in [0, 0.05) is 18.4 Å². The molecular weight excluding hydrogens is 219 g/mol. The second kappa shape index (κ2) is 4.96. The van der Waals surface area contributed by atoms with Gasteiger partial charge >= 0.3 is 0 Å². The van der Waals surface area contributed by atoms with Gasteiger partial charge in [0.1, 0.15) is 0 Å². The molecule has 0 aliphatic carbocycles.